The largest absolute Gasteiger partial charge is 0.480 e. The topological polar surface area (TPSA) is 95.5 Å². The molecule has 16 heavy (non-hydrogen) atoms. The summed E-state index contributed by atoms with van der Waals surface area (Å²) in [5, 5.41) is 13.5. The lowest BCUT2D eigenvalue weighted by Crippen LogP contribution is -2.48. The van der Waals surface area contributed by atoms with E-state index in [1.165, 1.54) is 0 Å². The van der Waals surface area contributed by atoms with Crippen molar-refractivity contribution < 1.29 is 19.5 Å². The molecular weight excluding hydrogens is 212 g/mol. The van der Waals surface area contributed by atoms with Gasteiger partial charge in [-0.1, -0.05) is 6.92 Å². The summed E-state index contributed by atoms with van der Waals surface area (Å²) in [6.07, 6.45) is 0.0780. The maximum absolute atomic E-state index is 11.2. The standard InChI is InChI=1S/C10H18N2O4/c1-4-7(13)5-8(9(14)15)12-10(16)11-6(2)3/h6,8H,4-5H2,1-3H3,(H,14,15)(H2,11,12,16). The molecule has 0 heterocycles. The van der Waals surface area contributed by atoms with Crippen LogP contribution in [0.4, 0.5) is 4.79 Å². The number of carbonyl (C=O) groups excluding carboxylic acids is 2. The lowest BCUT2D eigenvalue weighted by molar-refractivity contribution is -0.140. The minimum Gasteiger partial charge on any atom is -0.480 e. The zero-order valence-electron chi connectivity index (χ0n) is 9.74. The van der Waals surface area contributed by atoms with Crippen LogP contribution in [0.25, 0.3) is 0 Å². The predicted molar refractivity (Wildman–Crippen MR) is 58.1 cm³/mol. The van der Waals surface area contributed by atoms with Gasteiger partial charge in [0.1, 0.15) is 11.8 Å². The third-order valence-electron chi connectivity index (χ3n) is 1.85. The van der Waals surface area contributed by atoms with Crippen LogP contribution in [0.15, 0.2) is 0 Å². The molecule has 0 saturated carbocycles. The summed E-state index contributed by atoms with van der Waals surface area (Å²) in [5.74, 6) is -1.40. The molecule has 0 aromatic rings. The van der Waals surface area contributed by atoms with E-state index in [0.29, 0.717) is 0 Å². The first kappa shape index (κ1) is 14.4. The maximum Gasteiger partial charge on any atom is 0.326 e. The Hall–Kier alpha value is -1.59. The van der Waals surface area contributed by atoms with E-state index < -0.39 is 18.0 Å². The second-order valence-corrected chi connectivity index (χ2v) is 3.76. The first-order valence-electron chi connectivity index (χ1n) is 5.18. The van der Waals surface area contributed by atoms with Gasteiger partial charge in [0.25, 0.3) is 0 Å². The quantitative estimate of drug-likeness (QED) is 0.619. The van der Waals surface area contributed by atoms with Gasteiger partial charge < -0.3 is 15.7 Å². The number of aliphatic carboxylic acids is 1. The Kier molecular flexibility index (Phi) is 6.14. The van der Waals surface area contributed by atoms with Gasteiger partial charge in [0.15, 0.2) is 0 Å². The van der Waals surface area contributed by atoms with Crippen LogP contribution < -0.4 is 10.6 Å². The molecular formula is C10H18N2O4. The number of urea groups is 1. The summed E-state index contributed by atoms with van der Waals surface area (Å²) in [7, 11) is 0. The van der Waals surface area contributed by atoms with Crippen LogP contribution in [-0.2, 0) is 9.59 Å². The van der Waals surface area contributed by atoms with E-state index in [2.05, 4.69) is 10.6 Å². The minimum absolute atomic E-state index is 0.0867. The predicted octanol–water partition coefficient (Wildman–Crippen LogP) is 0.516. The molecule has 0 radical (unpaired) electrons. The molecule has 3 N–H and O–H groups in total. The van der Waals surface area contributed by atoms with Gasteiger partial charge in [0.05, 0.1) is 0 Å². The maximum atomic E-state index is 11.2. The zero-order valence-corrected chi connectivity index (χ0v) is 9.74. The molecule has 6 nitrogen and oxygen atoms in total. The molecule has 1 unspecified atom stereocenters. The number of hydrogen-bond acceptors (Lipinski definition) is 3. The van der Waals surface area contributed by atoms with Crippen LogP contribution in [0, 0.1) is 0 Å². The van der Waals surface area contributed by atoms with Gasteiger partial charge in [-0.3, -0.25) is 4.79 Å². The van der Waals surface area contributed by atoms with Crippen molar-refractivity contribution in [2.24, 2.45) is 0 Å². The van der Waals surface area contributed by atoms with E-state index in [1.54, 1.807) is 20.8 Å². The average Bonchev–Trinajstić information content (AvgIpc) is 2.14. The molecule has 0 saturated heterocycles. The van der Waals surface area contributed by atoms with E-state index in [9.17, 15) is 14.4 Å². The molecule has 6 heteroatoms. The third kappa shape index (κ3) is 6.00. The van der Waals surface area contributed by atoms with Crippen molar-refractivity contribution in [1.29, 1.82) is 0 Å². The van der Waals surface area contributed by atoms with E-state index in [-0.39, 0.29) is 24.7 Å². The Morgan fingerprint density at radius 3 is 2.12 bits per heavy atom. The number of carbonyl (C=O) groups is 3. The Morgan fingerprint density at radius 2 is 1.75 bits per heavy atom. The molecule has 0 bridgehead atoms. The van der Waals surface area contributed by atoms with Crippen molar-refractivity contribution in [2.75, 3.05) is 0 Å². The number of ketones is 1. The van der Waals surface area contributed by atoms with E-state index in [1.807, 2.05) is 0 Å². The third-order valence-corrected chi connectivity index (χ3v) is 1.85. The van der Waals surface area contributed by atoms with Crippen LogP contribution >= 0.6 is 0 Å². The fraction of sp³-hybridized carbons (Fsp3) is 0.700. The summed E-state index contributed by atoms with van der Waals surface area (Å²) >= 11 is 0. The average molecular weight is 230 g/mol. The first-order chi connectivity index (χ1) is 7.36. The highest BCUT2D eigenvalue weighted by atomic mass is 16.4. The molecule has 0 aromatic heterocycles. The number of hydrogen-bond donors (Lipinski definition) is 3. The molecule has 0 aliphatic heterocycles. The number of Topliss-reactive ketones (excluding diaryl/α,β-unsaturated/α-hetero) is 1. The SMILES string of the molecule is CCC(=O)CC(NC(=O)NC(C)C)C(=O)O. The summed E-state index contributed by atoms with van der Waals surface area (Å²) in [6, 6.07) is -1.83. The highest BCUT2D eigenvalue weighted by Crippen LogP contribution is 1.97. The lowest BCUT2D eigenvalue weighted by Gasteiger charge is -2.15. The van der Waals surface area contributed by atoms with Gasteiger partial charge in [0.2, 0.25) is 0 Å². The summed E-state index contributed by atoms with van der Waals surface area (Å²) in [5.41, 5.74) is 0. The normalized spacial score (nSPS) is 12.0. The smallest absolute Gasteiger partial charge is 0.326 e. The number of rotatable bonds is 6. The van der Waals surface area contributed by atoms with Gasteiger partial charge in [-0.05, 0) is 13.8 Å². The first-order valence-corrected chi connectivity index (χ1v) is 5.18. The molecule has 2 amide bonds. The molecule has 0 aromatic carbocycles. The molecule has 0 aliphatic rings. The second-order valence-electron chi connectivity index (χ2n) is 3.76. The lowest BCUT2D eigenvalue weighted by atomic mass is 10.1. The van der Waals surface area contributed by atoms with Gasteiger partial charge in [-0.15, -0.1) is 0 Å². The van der Waals surface area contributed by atoms with E-state index in [0.717, 1.165) is 0 Å². The molecule has 0 fully saturated rings. The van der Waals surface area contributed by atoms with E-state index >= 15 is 0 Å². The van der Waals surface area contributed by atoms with Crippen molar-refractivity contribution >= 4 is 17.8 Å². The van der Waals surface area contributed by atoms with Crippen LogP contribution in [-0.4, -0.2) is 35.0 Å². The molecule has 0 aliphatic carbocycles. The van der Waals surface area contributed by atoms with Crippen LogP contribution in [0.2, 0.25) is 0 Å². The summed E-state index contributed by atoms with van der Waals surface area (Å²) in [4.78, 5) is 33.1. The van der Waals surface area contributed by atoms with Gasteiger partial charge >= 0.3 is 12.0 Å². The van der Waals surface area contributed by atoms with Crippen LogP contribution in [0.5, 0.6) is 0 Å². The molecule has 0 rings (SSSR count). The van der Waals surface area contributed by atoms with Crippen molar-refractivity contribution in [2.45, 2.75) is 45.7 Å². The van der Waals surface area contributed by atoms with Crippen molar-refractivity contribution in [3.05, 3.63) is 0 Å². The Labute approximate surface area is 94.4 Å². The zero-order chi connectivity index (χ0) is 12.7. The summed E-state index contributed by atoms with van der Waals surface area (Å²) in [6.45, 7) is 5.16. The molecule has 1 atom stereocenters. The highest BCUT2D eigenvalue weighted by Gasteiger charge is 2.22. The van der Waals surface area contributed by atoms with Crippen molar-refractivity contribution in [1.82, 2.24) is 10.6 Å². The second kappa shape index (κ2) is 6.81. The van der Waals surface area contributed by atoms with E-state index in [4.69, 9.17) is 5.11 Å². The monoisotopic (exact) mass is 230 g/mol. The van der Waals surface area contributed by atoms with Crippen LogP contribution in [0.1, 0.15) is 33.6 Å². The number of carboxylic acids is 1. The van der Waals surface area contributed by atoms with Gasteiger partial charge in [-0.25, -0.2) is 9.59 Å². The van der Waals surface area contributed by atoms with Gasteiger partial charge in [0, 0.05) is 18.9 Å². The minimum atomic E-state index is -1.21. The fourth-order valence-electron chi connectivity index (χ4n) is 1.03. The Bertz CT molecular complexity index is 276. The summed E-state index contributed by atoms with van der Waals surface area (Å²) < 4.78 is 0. The number of carboxylic acid groups (broad SMARTS) is 1. The van der Waals surface area contributed by atoms with Crippen LogP contribution in [0.3, 0.4) is 0 Å². The van der Waals surface area contributed by atoms with Gasteiger partial charge in [-0.2, -0.15) is 0 Å². The van der Waals surface area contributed by atoms with Crippen molar-refractivity contribution in [3.63, 3.8) is 0 Å². The fourth-order valence-corrected chi connectivity index (χ4v) is 1.03. The highest BCUT2D eigenvalue weighted by molar-refractivity contribution is 5.88. The number of amides is 2. The Morgan fingerprint density at radius 1 is 1.19 bits per heavy atom. The number of nitrogens with one attached hydrogen (secondary N) is 2. The molecule has 92 valence electrons. The van der Waals surface area contributed by atoms with Crippen molar-refractivity contribution in [3.8, 4) is 0 Å². The molecule has 0 spiro atoms. The Balaban J connectivity index is 4.28.